The summed E-state index contributed by atoms with van der Waals surface area (Å²) in [7, 11) is 0. The standard InChI is InChI=1S/C28H27F4N5O4/c29-22(11-16-5-10-35-25(12-16)40-19-13-18(14-19)39-17-6-8-34-9-7-17)21-15-23(36-37-26(21)33)20-3-1-2-4-24(20)41-27(38)28(30,31)32/h1-5,10-12,15,17-19,34H,6-9,13-14H2,(H2,33,37)/t18-,19-. The summed E-state index contributed by atoms with van der Waals surface area (Å²) in [4.78, 5) is 15.6. The number of ether oxygens (including phenoxy) is 3. The van der Waals surface area contributed by atoms with Crippen LogP contribution in [0.15, 0.2) is 48.7 Å². The molecular weight excluding hydrogens is 546 g/mol. The van der Waals surface area contributed by atoms with Gasteiger partial charge in [0.2, 0.25) is 5.88 Å². The second-order valence-corrected chi connectivity index (χ2v) is 9.75. The third-order valence-electron chi connectivity index (χ3n) is 6.74. The molecule has 13 heteroatoms. The molecule has 3 heterocycles. The van der Waals surface area contributed by atoms with Crippen molar-refractivity contribution in [2.75, 3.05) is 18.8 Å². The minimum Gasteiger partial charge on any atom is -0.474 e. The van der Waals surface area contributed by atoms with Crippen LogP contribution >= 0.6 is 0 Å². The van der Waals surface area contributed by atoms with Gasteiger partial charge in [0, 0.05) is 30.7 Å². The van der Waals surface area contributed by atoms with Gasteiger partial charge in [-0.25, -0.2) is 14.2 Å². The van der Waals surface area contributed by atoms with Crippen LogP contribution in [0.5, 0.6) is 11.6 Å². The highest BCUT2D eigenvalue weighted by atomic mass is 19.4. The number of pyridine rings is 1. The molecule has 5 rings (SSSR count). The molecule has 0 unspecified atom stereocenters. The van der Waals surface area contributed by atoms with E-state index in [0.717, 1.165) is 44.8 Å². The molecule has 41 heavy (non-hydrogen) atoms. The first-order valence-corrected chi connectivity index (χ1v) is 13.0. The number of halogens is 4. The molecule has 0 atom stereocenters. The molecule has 1 saturated heterocycles. The summed E-state index contributed by atoms with van der Waals surface area (Å²) in [6.45, 7) is 1.93. The van der Waals surface area contributed by atoms with Crippen molar-refractivity contribution in [3.05, 3.63) is 59.8 Å². The van der Waals surface area contributed by atoms with Crippen LogP contribution in [0.4, 0.5) is 23.4 Å². The van der Waals surface area contributed by atoms with Crippen molar-refractivity contribution >= 4 is 23.7 Å². The molecule has 9 nitrogen and oxygen atoms in total. The molecule has 1 aromatic carbocycles. The molecule has 3 N–H and O–H groups in total. The lowest BCUT2D eigenvalue weighted by atomic mass is 9.91. The van der Waals surface area contributed by atoms with Crippen LogP contribution in [0, 0.1) is 0 Å². The van der Waals surface area contributed by atoms with Gasteiger partial charge in [0.05, 0.1) is 23.5 Å². The first kappa shape index (κ1) is 28.4. The number of nitrogen functional groups attached to an aromatic ring is 1. The van der Waals surface area contributed by atoms with Gasteiger partial charge >= 0.3 is 12.1 Å². The number of nitrogens with two attached hydrogens (primary N) is 1. The molecule has 0 radical (unpaired) electrons. The van der Waals surface area contributed by atoms with Gasteiger partial charge in [0.15, 0.2) is 5.82 Å². The van der Waals surface area contributed by atoms with Crippen LogP contribution < -0.4 is 20.5 Å². The zero-order chi connectivity index (χ0) is 29.0. The molecule has 3 aromatic rings. The van der Waals surface area contributed by atoms with Crippen molar-refractivity contribution in [3.8, 4) is 22.9 Å². The highest BCUT2D eigenvalue weighted by Gasteiger charge is 2.41. The van der Waals surface area contributed by atoms with Crippen LogP contribution in [0.1, 0.15) is 36.8 Å². The van der Waals surface area contributed by atoms with Gasteiger partial charge in [-0.1, -0.05) is 12.1 Å². The van der Waals surface area contributed by atoms with Gasteiger partial charge < -0.3 is 25.3 Å². The molecular formula is C28H27F4N5O4. The van der Waals surface area contributed by atoms with Gasteiger partial charge in [-0.15, -0.1) is 10.2 Å². The van der Waals surface area contributed by atoms with Gasteiger partial charge in [-0.3, -0.25) is 0 Å². The first-order valence-electron chi connectivity index (χ1n) is 13.0. The Morgan fingerprint density at radius 3 is 2.54 bits per heavy atom. The lowest BCUT2D eigenvalue weighted by Gasteiger charge is -2.38. The predicted molar refractivity (Wildman–Crippen MR) is 141 cm³/mol. The van der Waals surface area contributed by atoms with Gasteiger partial charge in [0.25, 0.3) is 0 Å². The van der Waals surface area contributed by atoms with Gasteiger partial charge in [-0.2, -0.15) is 13.2 Å². The smallest absolute Gasteiger partial charge is 0.474 e. The zero-order valence-corrected chi connectivity index (χ0v) is 21.7. The number of carbonyl (C=O) groups is 1. The van der Waals surface area contributed by atoms with Crippen molar-refractivity contribution in [1.29, 1.82) is 0 Å². The number of carbonyl (C=O) groups excluding carboxylic acids is 1. The minimum atomic E-state index is -5.20. The van der Waals surface area contributed by atoms with E-state index < -0.39 is 23.7 Å². The summed E-state index contributed by atoms with van der Waals surface area (Å²) in [6, 6.07) is 9.76. The number of piperidine rings is 1. The number of alkyl halides is 3. The number of hydrogen-bond donors (Lipinski definition) is 2. The zero-order valence-electron chi connectivity index (χ0n) is 21.7. The summed E-state index contributed by atoms with van der Waals surface area (Å²) < 4.78 is 70.1. The Hall–Kier alpha value is -4.10. The van der Waals surface area contributed by atoms with E-state index in [0.29, 0.717) is 11.4 Å². The van der Waals surface area contributed by atoms with Crippen LogP contribution in [0.2, 0.25) is 0 Å². The lowest BCUT2D eigenvalue weighted by Crippen LogP contribution is -2.43. The number of nitrogens with one attached hydrogen (secondary N) is 1. The van der Waals surface area contributed by atoms with Crippen LogP contribution in [0.25, 0.3) is 23.2 Å². The lowest BCUT2D eigenvalue weighted by molar-refractivity contribution is -0.189. The number of aromatic nitrogens is 3. The van der Waals surface area contributed by atoms with E-state index in [1.807, 2.05) is 0 Å². The number of esters is 1. The molecule has 1 saturated carbocycles. The molecule has 2 aromatic heterocycles. The molecule has 216 valence electrons. The maximum absolute atomic E-state index is 15.4. The first-order chi connectivity index (χ1) is 19.7. The van der Waals surface area contributed by atoms with Crippen molar-refractivity contribution < 1.29 is 36.6 Å². The molecule has 2 fully saturated rings. The van der Waals surface area contributed by atoms with E-state index in [-0.39, 0.29) is 41.0 Å². The fraction of sp³-hybridized carbons (Fsp3) is 0.357. The monoisotopic (exact) mass is 573 g/mol. The molecule has 0 bridgehead atoms. The average Bonchev–Trinajstić information content (AvgIpc) is 2.93. The second kappa shape index (κ2) is 12.2. The SMILES string of the molecule is Nc1nnc(-c2ccccc2OC(=O)C(F)(F)F)cc1C(F)=Cc1ccnc(O[C@H]2C[C@H](OC3CCNCC3)C2)c1. The maximum Gasteiger partial charge on any atom is 0.491 e. The number of anilines is 1. The van der Waals surface area contributed by atoms with E-state index in [1.165, 1.54) is 36.5 Å². The summed E-state index contributed by atoms with van der Waals surface area (Å²) in [5, 5.41) is 10.9. The molecule has 2 aliphatic rings. The van der Waals surface area contributed by atoms with E-state index in [1.54, 1.807) is 12.1 Å². The van der Waals surface area contributed by atoms with Crippen molar-refractivity contribution in [3.63, 3.8) is 0 Å². The third-order valence-corrected chi connectivity index (χ3v) is 6.74. The predicted octanol–water partition coefficient (Wildman–Crippen LogP) is 4.73. The second-order valence-electron chi connectivity index (χ2n) is 9.75. The average molecular weight is 574 g/mol. The van der Waals surface area contributed by atoms with E-state index in [9.17, 15) is 18.0 Å². The third kappa shape index (κ3) is 7.16. The summed E-state index contributed by atoms with van der Waals surface area (Å²) in [5.41, 5.74) is 6.09. The Bertz CT molecular complexity index is 1420. The molecule has 0 amide bonds. The van der Waals surface area contributed by atoms with Crippen molar-refractivity contribution in [2.45, 2.75) is 50.2 Å². The van der Waals surface area contributed by atoms with Crippen LogP contribution in [-0.2, 0) is 9.53 Å². The number of hydrogen-bond acceptors (Lipinski definition) is 9. The summed E-state index contributed by atoms with van der Waals surface area (Å²) in [5.74, 6) is -3.51. The Kier molecular flexibility index (Phi) is 8.45. The van der Waals surface area contributed by atoms with Crippen molar-refractivity contribution in [1.82, 2.24) is 20.5 Å². The number of rotatable bonds is 8. The summed E-state index contributed by atoms with van der Waals surface area (Å²) in [6.07, 6.45) is 1.37. The molecule has 0 spiro atoms. The van der Waals surface area contributed by atoms with Gasteiger partial charge in [-0.05, 0) is 61.8 Å². The molecule has 1 aliphatic carbocycles. The van der Waals surface area contributed by atoms with E-state index >= 15 is 4.39 Å². The van der Waals surface area contributed by atoms with Crippen molar-refractivity contribution in [2.24, 2.45) is 0 Å². The minimum absolute atomic E-state index is 0.00539. The largest absolute Gasteiger partial charge is 0.491 e. The highest BCUT2D eigenvalue weighted by molar-refractivity contribution is 5.84. The topological polar surface area (TPSA) is 121 Å². The fourth-order valence-electron chi connectivity index (χ4n) is 4.55. The van der Waals surface area contributed by atoms with E-state index in [2.05, 4.69) is 25.2 Å². The van der Waals surface area contributed by atoms with Crippen LogP contribution in [0.3, 0.4) is 0 Å². The summed E-state index contributed by atoms with van der Waals surface area (Å²) >= 11 is 0. The number of nitrogens with zero attached hydrogens (tertiary/aromatic N) is 3. The number of para-hydroxylation sites is 1. The van der Waals surface area contributed by atoms with E-state index in [4.69, 9.17) is 15.2 Å². The Morgan fingerprint density at radius 1 is 1.02 bits per heavy atom. The molecule has 1 aliphatic heterocycles. The maximum atomic E-state index is 15.4. The quantitative estimate of drug-likeness (QED) is 0.224. The normalized spacial score (nSPS) is 19.9. The van der Waals surface area contributed by atoms with Crippen LogP contribution in [-0.4, -0.2) is 58.7 Å². The Morgan fingerprint density at radius 2 is 1.78 bits per heavy atom. The Labute approximate surface area is 232 Å². The number of benzene rings is 1. The van der Waals surface area contributed by atoms with Gasteiger partial charge in [0.1, 0.15) is 17.7 Å². The fourth-order valence-corrected chi connectivity index (χ4v) is 4.55. The Balaban J connectivity index is 1.27. The highest BCUT2D eigenvalue weighted by Crippen LogP contribution is 2.34.